The zero-order valence-corrected chi connectivity index (χ0v) is 19.0. The highest BCUT2D eigenvalue weighted by Gasteiger charge is 2.08. The fraction of sp³-hybridized carbons (Fsp3) is 0.920. The summed E-state index contributed by atoms with van der Waals surface area (Å²) < 4.78 is 0. The van der Waals surface area contributed by atoms with Crippen molar-refractivity contribution < 1.29 is 5.11 Å². The van der Waals surface area contributed by atoms with Gasteiger partial charge in [-0.25, -0.2) is 0 Å². The summed E-state index contributed by atoms with van der Waals surface area (Å²) in [5.74, 6) is 3.54. The first kappa shape index (κ1) is 25.7. The zero-order valence-electron chi connectivity index (χ0n) is 19.0. The molecule has 0 aromatic carbocycles. The van der Waals surface area contributed by atoms with Gasteiger partial charge in [0.15, 0.2) is 0 Å². The van der Waals surface area contributed by atoms with E-state index in [1.165, 1.54) is 76.2 Å². The van der Waals surface area contributed by atoms with Crippen LogP contribution in [0.5, 0.6) is 0 Å². The van der Waals surface area contributed by atoms with Gasteiger partial charge in [0, 0.05) is 0 Å². The Bertz CT molecular complexity index is 331. The molecule has 0 unspecified atom stereocenters. The Hall–Kier alpha value is -0.300. The van der Waals surface area contributed by atoms with Crippen LogP contribution in [0.3, 0.4) is 0 Å². The van der Waals surface area contributed by atoms with E-state index in [0.29, 0.717) is 0 Å². The Kier molecular flexibility index (Phi) is 16.6. The molecule has 1 heteroatoms. The number of aliphatic hydroxyl groups excluding tert-OH is 1. The van der Waals surface area contributed by atoms with Gasteiger partial charge >= 0.3 is 0 Å². The number of hydrogen-bond acceptors (Lipinski definition) is 1. The quantitative estimate of drug-likeness (QED) is 0.257. The molecule has 3 atom stereocenters. The molecule has 0 saturated carbocycles. The molecule has 0 spiro atoms. The second-order valence-electron chi connectivity index (χ2n) is 9.63. The summed E-state index contributed by atoms with van der Waals surface area (Å²) in [5, 5.41) is 8.89. The summed E-state index contributed by atoms with van der Waals surface area (Å²) in [6.07, 6.45) is 18.4. The highest BCUT2D eigenvalue weighted by atomic mass is 16.2. The van der Waals surface area contributed by atoms with Crippen LogP contribution in [-0.2, 0) is 0 Å². The first-order valence-corrected chi connectivity index (χ1v) is 11.6. The van der Waals surface area contributed by atoms with E-state index in [2.05, 4.69) is 41.5 Å². The monoisotopic (exact) mass is 366 g/mol. The van der Waals surface area contributed by atoms with Gasteiger partial charge in [0.05, 0.1) is 6.61 Å². The molecule has 0 aliphatic carbocycles. The predicted octanol–water partition coefficient (Wildman–Crippen LogP) is 8.17. The van der Waals surface area contributed by atoms with E-state index in [9.17, 15) is 0 Å². The van der Waals surface area contributed by atoms with Gasteiger partial charge in [-0.2, -0.15) is 0 Å². The molecule has 0 aromatic heterocycles. The topological polar surface area (TPSA) is 20.2 Å². The largest absolute Gasteiger partial charge is 0.392 e. The maximum absolute atomic E-state index is 8.89. The number of rotatable bonds is 17. The maximum Gasteiger partial charge on any atom is 0.0614 e. The standard InChI is InChI=1S/C25H50O/c1-21(2)11-7-12-22(3)13-8-14-23(4)15-9-16-24(5)17-10-18-25(6)19-20-26/h19,21-24,26H,7-18,20H2,1-6H3/b25-19-/t22-,23-,24-/m0/s1. The molecule has 26 heavy (non-hydrogen) atoms. The van der Waals surface area contributed by atoms with Crippen LogP contribution < -0.4 is 0 Å². The van der Waals surface area contributed by atoms with E-state index in [1.807, 2.05) is 6.08 Å². The summed E-state index contributed by atoms with van der Waals surface area (Å²) in [5.41, 5.74) is 1.34. The molecule has 156 valence electrons. The number of allylic oxidation sites excluding steroid dienone is 1. The van der Waals surface area contributed by atoms with Crippen LogP contribution in [0.25, 0.3) is 0 Å². The Balaban J connectivity index is 3.58. The highest BCUT2D eigenvalue weighted by Crippen LogP contribution is 2.23. The first-order chi connectivity index (χ1) is 12.3. The molecule has 0 fully saturated rings. The average Bonchev–Trinajstić information content (AvgIpc) is 2.54. The lowest BCUT2D eigenvalue weighted by molar-refractivity contribution is 0.341. The molecule has 0 aliphatic heterocycles. The third kappa shape index (κ3) is 17.1. The van der Waals surface area contributed by atoms with Gasteiger partial charge in [-0.1, -0.05) is 110 Å². The molecular formula is C25H50O. The van der Waals surface area contributed by atoms with Crippen molar-refractivity contribution in [2.24, 2.45) is 23.7 Å². The summed E-state index contributed by atoms with van der Waals surface area (Å²) in [4.78, 5) is 0. The third-order valence-corrected chi connectivity index (χ3v) is 5.97. The summed E-state index contributed by atoms with van der Waals surface area (Å²) in [6, 6.07) is 0. The molecule has 1 nitrogen and oxygen atoms in total. The molecule has 0 amide bonds. The van der Waals surface area contributed by atoms with Crippen molar-refractivity contribution in [3.63, 3.8) is 0 Å². The lowest BCUT2D eigenvalue weighted by atomic mass is 9.90. The molecule has 0 rings (SSSR count). The van der Waals surface area contributed by atoms with E-state index in [-0.39, 0.29) is 6.61 Å². The van der Waals surface area contributed by atoms with Crippen molar-refractivity contribution in [2.45, 2.75) is 119 Å². The molecule has 0 aromatic rings. The SMILES string of the molecule is C/C(=C/CO)CCC[C@@H](C)CCC[C@@H](C)CCC[C@@H](C)CCCC(C)C. The molecule has 0 radical (unpaired) electrons. The Morgan fingerprint density at radius 3 is 1.42 bits per heavy atom. The van der Waals surface area contributed by atoms with Crippen LogP contribution in [0.15, 0.2) is 11.6 Å². The van der Waals surface area contributed by atoms with Gasteiger partial charge in [0.25, 0.3) is 0 Å². The van der Waals surface area contributed by atoms with E-state index in [1.54, 1.807) is 0 Å². The van der Waals surface area contributed by atoms with E-state index in [0.717, 1.165) is 30.1 Å². The molecule has 0 bridgehead atoms. The van der Waals surface area contributed by atoms with Gasteiger partial charge in [0.1, 0.15) is 0 Å². The smallest absolute Gasteiger partial charge is 0.0614 e. The van der Waals surface area contributed by atoms with Crippen LogP contribution in [0.2, 0.25) is 0 Å². The minimum absolute atomic E-state index is 0.190. The van der Waals surface area contributed by atoms with Crippen LogP contribution in [0, 0.1) is 23.7 Å². The maximum atomic E-state index is 8.89. The van der Waals surface area contributed by atoms with Crippen molar-refractivity contribution in [1.29, 1.82) is 0 Å². The average molecular weight is 367 g/mol. The second kappa shape index (κ2) is 16.8. The fourth-order valence-electron chi connectivity index (χ4n) is 3.92. The van der Waals surface area contributed by atoms with Crippen molar-refractivity contribution in [2.75, 3.05) is 6.61 Å². The number of aliphatic hydroxyl groups is 1. The summed E-state index contributed by atoms with van der Waals surface area (Å²) in [7, 11) is 0. The normalized spacial score (nSPS) is 16.1. The van der Waals surface area contributed by atoms with Crippen molar-refractivity contribution in [1.82, 2.24) is 0 Å². The van der Waals surface area contributed by atoms with E-state index < -0.39 is 0 Å². The summed E-state index contributed by atoms with van der Waals surface area (Å²) in [6.45, 7) is 14.3. The molecule has 1 N–H and O–H groups in total. The molecule has 0 heterocycles. The van der Waals surface area contributed by atoms with Gasteiger partial charge in [-0.15, -0.1) is 0 Å². The fourth-order valence-corrected chi connectivity index (χ4v) is 3.92. The van der Waals surface area contributed by atoms with Crippen LogP contribution in [-0.4, -0.2) is 11.7 Å². The molecule has 0 saturated heterocycles. The predicted molar refractivity (Wildman–Crippen MR) is 119 cm³/mol. The minimum atomic E-state index is 0.190. The van der Waals surface area contributed by atoms with E-state index in [4.69, 9.17) is 5.11 Å². The lowest BCUT2D eigenvalue weighted by Gasteiger charge is -2.16. The zero-order chi connectivity index (χ0) is 19.8. The third-order valence-electron chi connectivity index (χ3n) is 5.97. The van der Waals surface area contributed by atoms with Crippen molar-refractivity contribution >= 4 is 0 Å². The second-order valence-corrected chi connectivity index (χ2v) is 9.63. The van der Waals surface area contributed by atoms with E-state index >= 15 is 0 Å². The van der Waals surface area contributed by atoms with Crippen LogP contribution >= 0.6 is 0 Å². The van der Waals surface area contributed by atoms with Gasteiger partial charge in [-0.05, 0) is 43.4 Å². The Morgan fingerprint density at radius 2 is 1.04 bits per heavy atom. The molecular weight excluding hydrogens is 316 g/mol. The Morgan fingerprint density at radius 1 is 0.654 bits per heavy atom. The number of hydrogen-bond donors (Lipinski definition) is 1. The van der Waals surface area contributed by atoms with Gasteiger partial charge in [0.2, 0.25) is 0 Å². The summed E-state index contributed by atoms with van der Waals surface area (Å²) >= 11 is 0. The van der Waals surface area contributed by atoms with Crippen LogP contribution in [0.4, 0.5) is 0 Å². The minimum Gasteiger partial charge on any atom is -0.392 e. The van der Waals surface area contributed by atoms with Crippen LogP contribution in [0.1, 0.15) is 119 Å². The van der Waals surface area contributed by atoms with Crippen molar-refractivity contribution in [3.8, 4) is 0 Å². The lowest BCUT2D eigenvalue weighted by Crippen LogP contribution is -2.01. The van der Waals surface area contributed by atoms with Gasteiger partial charge < -0.3 is 5.11 Å². The Labute approximate surface area is 166 Å². The van der Waals surface area contributed by atoms with Crippen molar-refractivity contribution in [3.05, 3.63) is 11.6 Å². The van der Waals surface area contributed by atoms with Gasteiger partial charge in [-0.3, -0.25) is 0 Å². The first-order valence-electron chi connectivity index (χ1n) is 11.6. The highest BCUT2D eigenvalue weighted by molar-refractivity contribution is 4.97. The molecule has 0 aliphatic rings.